The summed E-state index contributed by atoms with van der Waals surface area (Å²) in [7, 11) is 7.25. The molecule has 0 radical (unpaired) electrons. The minimum atomic E-state index is -1.17. The number of nitrogens with zero attached hydrogens (tertiary/aromatic N) is 2. The second kappa shape index (κ2) is 6.55. The first-order chi connectivity index (χ1) is 13.6. The van der Waals surface area contributed by atoms with Crippen LogP contribution < -0.4 is 4.74 Å². The van der Waals surface area contributed by atoms with E-state index in [0.29, 0.717) is 11.3 Å². The van der Waals surface area contributed by atoms with E-state index in [4.69, 9.17) is 9.47 Å². The predicted molar refractivity (Wildman–Crippen MR) is 114 cm³/mol. The van der Waals surface area contributed by atoms with Gasteiger partial charge in [0.2, 0.25) is 0 Å². The molecule has 10 heteroatoms. The van der Waals surface area contributed by atoms with Crippen molar-refractivity contribution in [2.75, 3.05) is 21.3 Å². The Morgan fingerprint density at radius 2 is 1.90 bits per heavy atom. The zero-order chi connectivity index (χ0) is 21.4. The molecule has 2 bridgehead atoms. The number of amides is 2. The maximum atomic E-state index is 13.7. The molecular weight excluding hydrogens is 480 g/mol. The van der Waals surface area contributed by atoms with Gasteiger partial charge in [-0.15, -0.1) is 0 Å². The predicted octanol–water partition coefficient (Wildman–Crippen LogP) is 3.19. The summed E-state index contributed by atoms with van der Waals surface area (Å²) in [5.74, 6) is -0.281. The van der Waals surface area contributed by atoms with E-state index in [1.165, 1.54) is 33.6 Å². The van der Waals surface area contributed by atoms with E-state index >= 15 is 0 Å². The Balaban J connectivity index is 2.00. The number of hydrogen-bond acceptors (Lipinski definition) is 7. The van der Waals surface area contributed by atoms with Crippen molar-refractivity contribution in [3.05, 3.63) is 28.2 Å². The third kappa shape index (κ3) is 2.48. The lowest BCUT2D eigenvalue weighted by Crippen LogP contribution is -2.73. The SMILES string of the molecule is COC(=O)[C@@]1(C)C[C@@]23SS[C@@](C)(C(=O)N2[C@H]1c1cc(Br)ccc1OC)N(C)C3=O. The number of piperazine rings is 1. The standard InChI is InChI=1S/C19H21BrN2O5S2/c1-17(16(25)27-5)9-19-15(24)21(3)18(2,28-29-19)14(23)22(19)13(17)11-8-10(20)6-7-12(11)26-4/h6-8,13H,9H2,1-5H3/t13-,17-,18-,19-/m0/s1. The fourth-order valence-corrected chi connectivity index (χ4v) is 8.58. The molecule has 7 nitrogen and oxygen atoms in total. The molecule has 0 N–H and O–H groups in total. The average molecular weight is 501 g/mol. The van der Waals surface area contributed by atoms with Crippen molar-refractivity contribution in [2.45, 2.75) is 36.1 Å². The zero-order valence-corrected chi connectivity index (χ0v) is 19.9. The van der Waals surface area contributed by atoms with Crippen LogP contribution in [0.5, 0.6) is 5.75 Å². The monoisotopic (exact) mass is 500 g/mol. The highest BCUT2D eigenvalue weighted by atomic mass is 79.9. The normalized spacial score (nSPS) is 35.7. The fraction of sp³-hybridized carbons (Fsp3) is 0.526. The van der Waals surface area contributed by atoms with E-state index in [1.807, 2.05) is 12.1 Å². The van der Waals surface area contributed by atoms with Crippen LogP contribution in [0.2, 0.25) is 0 Å². The quantitative estimate of drug-likeness (QED) is 0.465. The van der Waals surface area contributed by atoms with E-state index in [-0.39, 0.29) is 18.2 Å². The lowest BCUT2D eigenvalue weighted by molar-refractivity contribution is -0.165. The molecule has 4 fully saturated rings. The van der Waals surface area contributed by atoms with Gasteiger partial charge in [-0.2, -0.15) is 0 Å². The Hall–Kier alpha value is -1.39. The first-order valence-corrected chi connectivity index (χ1v) is 11.9. The van der Waals surface area contributed by atoms with Crippen molar-refractivity contribution in [2.24, 2.45) is 5.41 Å². The molecule has 5 rings (SSSR count). The average Bonchev–Trinajstić information content (AvgIpc) is 2.99. The molecule has 4 atom stereocenters. The number of carbonyl (C=O) groups is 3. The van der Waals surface area contributed by atoms with Gasteiger partial charge in [0.05, 0.1) is 25.7 Å². The van der Waals surface area contributed by atoms with Crippen molar-refractivity contribution < 1.29 is 23.9 Å². The number of fused-ring (bicyclic) bond motifs is 2. The summed E-state index contributed by atoms with van der Waals surface area (Å²) in [6.45, 7) is 3.51. The largest absolute Gasteiger partial charge is 0.496 e. The highest BCUT2D eigenvalue weighted by Crippen LogP contribution is 2.70. The van der Waals surface area contributed by atoms with E-state index in [2.05, 4.69) is 15.9 Å². The van der Waals surface area contributed by atoms with Crippen molar-refractivity contribution in [1.82, 2.24) is 9.80 Å². The molecule has 1 aromatic carbocycles. The Bertz CT molecular complexity index is 945. The molecule has 0 aromatic heterocycles. The first kappa shape index (κ1) is 20.9. The van der Waals surface area contributed by atoms with Gasteiger partial charge >= 0.3 is 5.97 Å². The number of carbonyl (C=O) groups excluding carboxylic acids is 3. The molecule has 1 spiro atoms. The number of ether oxygens (including phenoxy) is 2. The van der Waals surface area contributed by atoms with Crippen LogP contribution in [0, 0.1) is 5.41 Å². The van der Waals surface area contributed by atoms with Crippen LogP contribution in [0.4, 0.5) is 0 Å². The molecule has 4 aliphatic rings. The summed E-state index contributed by atoms with van der Waals surface area (Å²) in [6, 6.07) is 4.75. The second-order valence-electron chi connectivity index (χ2n) is 7.85. The molecule has 156 valence electrons. The number of likely N-dealkylation sites (N-methyl/N-ethyl adjacent to an activating group) is 1. The number of halogens is 1. The summed E-state index contributed by atoms with van der Waals surface area (Å²) in [4.78, 5) is 41.1. The minimum absolute atomic E-state index is 0.162. The number of hydrogen-bond donors (Lipinski definition) is 0. The highest BCUT2D eigenvalue weighted by Gasteiger charge is 2.76. The third-order valence-corrected chi connectivity index (χ3v) is 10.4. The van der Waals surface area contributed by atoms with E-state index in [0.717, 1.165) is 4.47 Å². The third-order valence-electron chi connectivity index (χ3n) is 6.23. The fourth-order valence-electron chi connectivity index (χ4n) is 4.62. The Labute approximate surface area is 185 Å². The summed E-state index contributed by atoms with van der Waals surface area (Å²) in [6.07, 6.45) is 0.162. The second-order valence-corrected chi connectivity index (χ2v) is 11.6. The summed E-state index contributed by atoms with van der Waals surface area (Å²) in [5, 5.41) is 0. The van der Waals surface area contributed by atoms with Gasteiger partial charge in [0.25, 0.3) is 11.8 Å². The van der Waals surface area contributed by atoms with Crippen LogP contribution in [0.3, 0.4) is 0 Å². The number of methoxy groups -OCH3 is 2. The lowest BCUT2D eigenvalue weighted by Gasteiger charge is -2.57. The van der Waals surface area contributed by atoms with E-state index in [9.17, 15) is 14.4 Å². The molecule has 0 aliphatic carbocycles. The molecule has 0 saturated carbocycles. The topological polar surface area (TPSA) is 76.2 Å². The van der Waals surface area contributed by atoms with E-state index < -0.39 is 27.2 Å². The maximum Gasteiger partial charge on any atom is 0.314 e. The summed E-state index contributed by atoms with van der Waals surface area (Å²) in [5.41, 5.74) is -0.463. The van der Waals surface area contributed by atoms with Crippen LogP contribution in [0.15, 0.2) is 22.7 Å². The van der Waals surface area contributed by atoms with Crippen LogP contribution in [0.1, 0.15) is 31.9 Å². The van der Waals surface area contributed by atoms with Crippen LogP contribution >= 0.6 is 37.5 Å². The number of esters is 1. The van der Waals surface area contributed by atoms with Crippen LogP contribution in [-0.2, 0) is 19.1 Å². The number of rotatable bonds is 3. The Kier molecular flexibility index (Phi) is 4.71. The van der Waals surface area contributed by atoms with Crippen LogP contribution in [-0.4, -0.2) is 58.6 Å². The molecular formula is C19H21BrN2O5S2. The minimum Gasteiger partial charge on any atom is -0.496 e. The number of benzene rings is 1. The highest BCUT2D eigenvalue weighted by molar-refractivity contribution is 9.10. The molecule has 4 saturated heterocycles. The first-order valence-electron chi connectivity index (χ1n) is 8.97. The molecule has 29 heavy (non-hydrogen) atoms. The molecule has 0 unspecified atom stereocenters. The van der Waals surface area contributed by atoms with Gasteiger partial charge in [0.15, 0.2) is 9.74 Å². The van der Waals surface area contributed by atoms with Gasteiger partial charge in [-0.25, -0.2) is 0 Å². The maximum absolute atomic E-state index is 13.7. The molecule has 2 amide bonds. The van der Waals surface area contributed by atoms with Gasteiger partial charge in [-0.3, -0.25) is 14.4 Å². The zero-order valence-electron chi connectivity index (χ0n) is 16.6. The smallest absolute Gasteiger partial charge is 0.314 e. The Morgan fingerprint density at radius 1 is 1.21 bits per heavy atom. The Morgan fingerprint density at radius 3 is 2.52 bits per heavy atom. The van der Waals surface area contributed by atoms with Crippen molar-refractivity contribution in [3.8, 4) is 5.75 Å². The summed E-state index contributed by atoms with van der Waals surface area (Å²) >= 11 is 3.48. The van der Waals surface area contributed by atoms with Gasteiger partial charge < -0.3 is 19.3 Å². The molecule has 4 aliphatic heterocycles. The van der Waals surface area contributed by atoms with Gasteiger partial charge in [-0.1, -0.05) is 37.5 Å². The van der Waals surface area contributed by atoms with Crippen LogP contribution in [0.25, 0.3) is 0 Å². The lowest BCUT2D eigenvalue weighted by atomic mass is 9.78. The molecule has 4 heterocycles. The van der Waals surface area contributed by atoms with Crippen molar-refractivity contribution >= 4 is 55.3 Å². The van der Waals surface area contributed by atoms with Gasteiger partial charge in [0.1, 0.15) is 5.75 Å². The van der Waals surface area contributed by atoms with Gasteiger partial charge in [0, 0.05) is 23.5 Å². The molecule has 1 aromatic rings. The van der Waals surface area contributed by atoms with Gasteiger partial charge in [-0.05, 0) is 32.0 Å². The summed E-state index contributed by atoms with van der Waals surface area (Å²) < 4.78 is 11.5. The van der Waals surface area contributed by atoms with Crippen molar-refractivity contribution in [1.29, 1.82) is 0 Å². The van der Waals surface area contributed by atoms with Crippen molar-refractivity contribution in [3.63, 3.8) is 0 Å². The van der Waals surface area contributed by atoms with E-state index in [1.54, 1.807) is 39.0 Å².